The van der Waals surface area contributed by atoms with Gasteiger partial charge in [0.25, 0.3) is 0 Å². The number of hydrogen-bond acceptors (Lipinski definition) is 1. The first-order valence-corrected chi connectivity index (χ1v) is 1.52. The molecule has 0 bridgehead atoms. The van der Waals surface area contributed by atoms with Crippen molar-refractivity contribution in [3.8, 4) is 0 Å². The molecule has 0 rings (SSSR count). The summed E-state index contributed by atoms with van der Waals surface area (Å²) < 4.78 is 0. The van der Waals surface area contributed by atoms with Crippen molar-refractivity contribution in [2.24, 2.45) is 0 Å². The molecular weight excluding hydrogens is 156 g/mol. The van der Waals surface area contributed by atoms with Crippen molar-refractivity contribution in [2.75, 3.05) is 6.61 Å². The van der Waals surface area contributed by atoms with Crippen LogP contribution in [0.25, 0.3) is 0 Å². The third-order valence-electron chi connectivity index (χ3n) is 0.224. The van der Waals surface area contributed by atoms with Gasteiger partial charge in [-0.2, -0.15) is 0 Å². The molecule has 0 saturated heterocycles. The monoisotopic (exact) mass is 163 g/mol. The first kappa shape index (κ1) is 15.7. The molecule has 0 aliphatic rings. The van der Waals surface area contributed by atoms with E-state index in [1.54, 1.807) is 0 Å². The second kappa shape index (κ2) is 16.4. The van der Waals surface area contributed by atoms with Crippen LogP contribution < -0.4 is 17.0 Å². The zero-order valence-corrected chi connectivity index (χ0v) is 6.95. The predicted molar refractivity (Wildman–Crippen MR) is 23.1 cm³/mol. The van der Waals surface area contributed by atoms with E-state index >= 15 is 0 Å². The van der Waals surface area contributed by atoms with Crippen molar-refractivity contribution in [2.45, 2.75) is 13.3 Å². The molecule has 0 atom stereocenters. The molecule has 0 aromatic rings. The Balaban J connectivity index is -0.0000000450. The normalized spacial score (nSPS) is 5.00. The summed E-state index contributed by atoms with van der Waals surface area (Å²) in [5.74, 6) is 0. The molecule has 0 aromatic carbocycles. The smallest absolute Gasteiger partial charge is 1.00 e. The van der Waals surface area contributed by atoms with Crippen LogP contribution in [-0.4, -0.2) is 34.8 Å². The van der Waals surface area contributed by atoms with E-state index in [-0.39, 0.29) is 40.0 Å². The van der Waals surface area contributed by atoms with Crippen molar-refractivity contribution in [3.05, 3.63) is 0 Å². The van der Waals surface area contributed by atoms with E-state index in [0.717, 1.165) is 6.42 Å². The predicted octanol–water partition coefficient (Wildman–Crippen LogP) is -2.99. The largest absolute Gasteiger partial charge is 2.00 e. The zero-order valence-electron chi connectivity index (χ0n) is 3.95. The minimum Gasteiger partial charge on any atom is -1.00 e. The van der Waals surface area contributed by atoms with Gasteiger partial charge in [-0.3, -0.25) is 0 Å². The second-order valence-corrected chi connectivity index (χ2v) is 0.724. The summed E-state index contributed by atoms with van der Waals surface area (Å²) in [6.45, 7) is 2.25. The van der Waals surface area contributed by atoms with Crippen molar-refractivity contribution in [1.29, 1.82) is 0 Å². The number of aliphatic hydroxyl groups excluding tert-OH is 1. The minimum absolute atomic E-state index is 0. The van der Waals surface area contributed by atoms with Crippen LogP contribution in [0.5, 0.6) is 0 Å². The van der Waals surface area contributed by atoms with Crippen LogP contribution in [0.15, 0.2) is 0 Å². The molecule has 0 radical (unpaired) electrons. The summed E-state index contributed by atoms with van der Waals surface area (Å²) in [5, 5.41) is 7.88. The van der Waals surface area contributed by atoms with E-state index in [2.05, 4.69) is 0 Å². The maximum absolute atomic E-state index is 7.88. The number of aliphatic hydroxyl groups is 1. The van der Waals surface area contributed by atoms with Gasteiger partial charge in [0.2, 0.25) is 0 Å². The van der Waals surface area contributed by atoms with Crippen LogP contribution in [0, 0.1) is 0 Å². The molecule has 0 spiro atoms. The van der Waals surface area contributed by atoms with Gasteiger partial charge in [-0.25, -0.2) is 0 Å². The van der Waals surface area contributed by atoms with Crippen molar-refractivity contribution in [3.63, 3.8) is 0 Å². The molecule has 0 aliphatic heterocycles. The van der Waals surface area contributed by atoms with E-state index in [1.165, 1.54) is 0 Å². The average Bonchev–Trinajstić information content (AvgIpc) is 1.37. The minimum atomic E-state index is 0. The van der Waals surface area contributed by atoms with Gasteiger partial charge in [0, 0.05) is 6.61 Å². The fourth-order valence-electron chi connectivity index (χ4n) is 0. The average molecular weight is 164 g/mol. The third-order valence-corrected chi connectivity index (χ3v) is 0.224. The number of rotatable bonds is 1. The molecule has 0 unspecified atom stereocenters. The summed E-state index contributed by atoms with van der Waals surface area (Å²) in [5.41, 5.74) is 0. The van der Waals surface area contributed by atoms with Crippen molar-refractivity contribution in [1.82, 2.24) is 0 Å². The summed E-state index contributed by atoms with van der Waals surface area (Å²) in [4.78, 5) is 0. The number of hydrogen-bond donors (Lipinski definition) is 1. The fourth-order valence-corrected chi connectivity index (χ4v) is 0. The molecule has 6 heavy (non-hydrogen) atoms. The van der Waals surface area contributed by atoms with Crippen LogP contribution in [0.3, 0.4) is 0 Å². The van der Waals surface area contributed by atoms with Crippen molar-refractivity contribution < 1.29 is 22.1 Å². The SMILES string of the molecule is CCCO.[Br-].[Mg+2]. The first-order chi connectivity index (χ1) is 1.91. The van der Waals surface area contributed by atoms with Gasteiger partial charge in [0.1, 0.15) is 0 Å². The van der Waals surface area contributed by atoms with Gasteiger partial charge in [-0.05, 0) is 6.42 Å². The molecule has 34 valence electrons. The summed E-state index contributed by atoms with van der Waals surface area (Å²) >= 11 is 0. The second-order valence-electron chi connectivity index (χ2n) is 0.724. The van der Waals surface area contributed by atoms with Gasteiger partial charge < -0.3 is 22.1 Å². The molecular formula is C3H8BrMgO+. The van der Waals surface area contributed by atoms with Crippen LogP contribution in [0.1, 0.15) is 13.3 Å². The fraction of sp³-hybridized carbons (Fsp3) is 1.00. The number of halogens is 1. The van der Waals surface area contributed by atoms with E-state index < -0.39 is 0 Å². The molecule has 1 N–H and O–H groups in total. The summed E-state index contributed by atoms with van der Waals surface area (Å²) in [7, 11) is 0. The van der Waals surface area contributed by atoms with Gasteiger partial charge in [-0.1, -0.05) is 6.92 Å². The Labute approximate surface area is 65.0 Å². The van der Waals surface area contributed by atoms with Crippen molar-refractivity contribution >= 4 is 23.1 Å². The van der Waals surface area contributed by atoms with Gasteiger partial charge in [-0.15, -0.1) is 0 Å². The van der Waals surface area contributed by atoms with Crippen LogP contribution >= 0.6 is 0 Å². The maximum atomic E-state index is 7.88. The van der Waals surface area contributed by atoms with E-state index in [0.29, 0.717) is 6.61 Å². The quantitative estimate of drug-likeness (QED) is 0.410. The maximum Gasteiger partial charge on any atom is 2.00 e. The van der Waals surface area contributed by atoms with E-state index in [9.17, 15) is 0 Å². The summed E-state index contributed by atoms with van der Waals surface area (Å²) in [6, 6.07) is 0. The Morgan fingerprint density at radius 1 is 1.50 bits per heavy atom. The topological polar surface area (TPSA) is 20.2 Å². The first-order valence-electron chi connectivity index (χ1n) is 1.52. The Hall–Kier alpha value is 1.21. The Kier molecular flexibility index (Phi) is 42.8. The molecule has 0 aromatic heterocycles. The standard InChI is InChI=1S/C3H8O.BrH.Mg/c1-2-3-4;;/h4H,2-3H2,1H3;1H;/q;;+2/p-1. The van der Waals surface area contributed by atoms with Crippen LogP contribution in [-0.2, 0) is 0 Å². The van der Waals surface area contributed by atoms with Crippen LogP contribution in [0.4, 0.5) is 0 Å². The van der Waals surface area contributed by atoms with Gasteiger partial charge in [0.15, 0.2) is 0 Å². The Morgan fingerprint density at radius 2 is 1.67 bits per heavy atom. The molecule has 0 heterocycles. The molecule has 0 amide bonds. The van der Waals surface area contributed by atoms with E-state index in [4.69, 9.17) is 5.11 Å². The van der Waals surface area contributed by atoms with Gasteiger partial charge >= 0.3 is 23.1 Å². The zero-order chi connectivity index (χ0) is 3.41. The molecule has 0 fully saturated rings. The molecule has 3 heteroatoms. The summed E-state index contributed by atoms with van der Waals surface area (Å²) in [6.07, 6.45) is 0.875. The molecule has 1 nitrogen and oxygen atoms in total. The third kappa shape index (κ3) is 18.9. The van der Waals surface area contributed by atoms with E-state index in [1.807, 2.05) is 6.92 Å². The molecule has 0 saturated carbocycles. The molecule has 0 aliphatic carbocycles. The van der Waals surface area contributed by atoms with Crippen LogP contribution in [0.2, 0.25) is 0 Å². The Morgan fingerprint density at radius 3 is 1.67 bits per heavy atom. The van der Waals surface area contributed by atoms with Gasteiger partial charge in [0.05, 0.1) is 0 Å². The Bertz CT molecular complexity index is 12.8.